The molecule has 0 atom stereocenters. The monoisotopic (exact) mass is 383 g/mol. The van der Waals surface area contributed by atoms with Gasteiger partial charge in [-0.15, -0.1) is 0 Å². The van der Waals surface area contributed by atoms with Crippen molar-refractivity contribution < 1.29 is 18.0 Å². The third-order valence-electron chi connectivity index (χ3n) is 4.64. The summed E-state index contributed by atoms with van der Waals surface area (Å²) in [6.07, 6.45) is -2.30. The smallest absolute Gasteiger partial charge is 0.340 e. The third kappa shape index (κ3) is 3.43. The quantitative estimate of drug-likeness (QED) is 0.689. The average Bonchev–Trinajstić information content (AvgIpc) is 3.12. The molecule has 0 bridgehead atoms. The van der Waals surface area contributed by atoms with Gasteiger partial charge >= 0.3 is 6.18 Å². The molecule has 1 aromatic heterocycles. The Hall–Kier alpha value is -3.35. The number of rotatable bonds is 3. The normalized spacial score (nSPS) is 13.3. The Balaban J connectivity index is 1.54. The van der Waals surface area contributed by atoms with Crippen LogP contribution in [0.2, 0.25) is 0 Å². The highest BCUT2D eigenvalue weighted by atomic mass is 19.4. The van der Waals surface area contributed by atoms with Crippen LogP contribution in [0, 0.1) is 0 Å². The van der Waals surface area contributed by atoms with E-state index in [4.69, 9.17) is 0 Å². The number of benzene rings is 2. The molecular formula is C21H16F3N3O. The lowest BCUT2D eigenvalue weighted by Gasteiger charge is -2.17. The van der Waals surface area contributed by atoms with Gasteiger partial charge in [0.2, 0.25) is 0 Å². The second-order valence-corrected chi connectivity index (χ2v) is 6.44. The second-order valence-electron chi connectivity index (χ2n) is 6.44. The van der Waals surface area contributed by atoms with Crippen molar-refractivity contribution >= 4 is 23.1 Å². The van der Waals surface area contributed by atoms with E-state index in [1.807, 2.05) is 24.3 Å². The van der Waals surface area contributed by atoms with Crippen molar-refractivity contribution in [1.29, 1.82) is 0 Å². The molecule has 2 heterocycles. The molecule has 1 amide bonds. The third-order valence-corrected chi connectivity index (χ3v) is 4.64. The van der Waals surface area contributed by atoms with E-state index >= 15 is 0 Å². The predicted molar refractivity (Wildman–Crippen MR) is 101 cm³/mol. The number of carbonyl (C=O) groups excluding carboxylic acids is 1. The molecular weight excluding hydrogens is 367 g/mol. The topological polar surface area (TPSA) is 45.2 Å². The van der Waals surface area contributed by atoms with Crippen molar-refractivity contribution in [1.82, 2.24) is 4.98 Å². The molecule has 4 nitrogen and oxygen atoms in total. The molecule has 4 rings (SSSR count). The number of amides is 1. The molecule has 0 spiro atoms. The second kappa shape index (κ2) is 6.99. The van der Waals surface area contributed by atoms with Gasteiger partial charge in [0.15, 0.2) is 0 Å². The number of alkyl halides is 3. The van der Waals surface area contributed by atoms with Crippen LogP contribution in [0.3, 0.4) is 0 Å². The number of pyridine rings is 1. The molecule has 0 radical (unpaired) electrons. The Kier molecular flexibility index (Phi) is 4.50. The summed E-state index contributed by atoms with van der Waals surface area (Å²) in [5, 5.41) is 2.67. The highest BCUT2D eigenvalue weighted by Gasteiger charge is 2.33. The van der Waals surface area contributed by atoms with E-state index in [9.17, 15) is 18.0 Å². The Labute approximate surface area is 159 Å². The van der Waals surface area contributed by atoms with Gasteiger partial charge in [0.05, 0.1) is 16.8 Å². The highest BCUT2D eigenvalue weighted by molar-refractivity contribution is 6.07. The predicted octanol–water partition coefficient (Wildman–Crippen LogP) is 5.05. The first-order valence-electron chi connectivity index (χ1n) is 8.72. The van der Waals surface area contributed by atoms with Crippen LogP contribution in [0.4, 0.5) is 30.4 Å². The molecule has 7 heteroatoms. The Bertz CT molecular complexity index is 1020. The molecule has 0 fully saturated rings. The number of hydrogen-bond donors (Lipinski definition) is 1. The van der Waals surface area contributed by atoms with Crippen LogP contribution >= 0.6 is 0 Å². The zero-order valence-electron chi connectivity index (χ0n) is 14.7. The molecule has 0 saturated heterocycles. The van der Waals surface area contributed by atoms with Gasteiger partial charge in [-0.3, -0.25) is 4.79 Å². The van der Waals surface area contributed by atoms with Crippen LogP contribution in [-0.2, 0) is 12.6 Å². The first-order chi connectivity index (χ1) is 13.4. The molecule has 1 aliphatic heterocycles. The molecule has 142 valence electrons. The first kappa shape index (κ1) is 18.0. The van der Waals surface area contributed by atoms with Gasteiger partial charge in [-0.25, -0.2) is 4.98 Å². The number of anilines is 3. The number of nitrogens with zero attached hydrogens (tertiary/aromatic N) is 2. The van der Waals surface area contributed by atoms with Crippen LogP contribution in [0.1, 0.15) is 21.5 Å². The minimum atomic E-state index is -4.47. The van der Waals surface area contributed by atoms with Crippen molar-refractivity contribution in [3.8, 4) is 0 Å². The summed E-state index contributed by atoms with van der Waals surface area (Å²) >= 11 is 0. The molecule has 1 aliphatic rings. The number of aromatic nitrogens is 1. The maximum absolute atomic E-state index is 13.1. The molecule has 28 heavy (non-hydrogen) atoms. The summed E-state index contributed by atoms with van der Waals surface area (Å²) in [5.74, 6) is 0.0507. The summed E-state index contributed by atoms with van der Waals surface area (Å²) < 4.78 is 39.3. The summed E-state index contributed by atoms with van der Waals surface area (Å²) in [7, 11) is 0. The maximum Gasteiger partial charge on any atom is 0.418 e. The summed E-state index contributed by atoms with van der Waals surface area (Å²) in [6, 6.07) is 16.0. The standard InChI is InChI=1S/C21H16F3N3O/c22-21(23,24)16-6-2-3-7-17(16)26-19-10-9-15(13-25-19)20(28)27-12-11-14-5-1-4-8-18(14)27/h1-10,13H,11-12H2,(H,25,26). The van der Waals surface area contributed by atoms with E-state index < -0.39 is 11.7 Å². The van der Waals surface area contributed by atoms with Crippen LogP contribution in [-0.4, -0.2) is 17.4 Å². The van der Waals surface area contributed by atoms with Gasteiger partial charge in [-0.1, -0.05) is 30.3 Å². The van der Waals surface area contributed by atoms with Crippen molar-refractivity contribution in [2.75, 3.05) is 16.8 Å². The van der Waals surface area contributed by atoms with Gasteiger partial charge in [0, 0.05) is 18.4 Å². The van der Waals surface area contributed by atoms with Crippen molar-refractivity contribution in [2.24, 2.45) is 0 Å². The molecule has 0 unspecified atom stereocenters. The van der Waals surface area contributed by atoms with E-state index in [1.54, 1.807) is 11.0 Å². The lowest BCUT2D eigenvalue weighted by Crippen LogP contribution is -2.28. The highest BCUT2D eigenvalue weighted by Crippen LogP contribution is 2.35. The molecule has 0 saturated carbocycles. The van der Waals surface area contributed by atoms with Crippen LogP contribution in [0.25, 0.3) is 0 Å². The number of halogens is 3. The van der Waals surface area contributed by atoms with E-state index in [1.165, 1.54) is 30.5 Å². The minimum absolute atomic E-state index is 0.0879. The SMILES string of the molecule is O=C(c1ccc(Nc2ccccc2C(F)(F)F)nc1)N1CCc2ccccc21. The van der Waals surface area contributed by atoms with Gasteiger partial charge in [-0.2, -0.15) is 13.2 Å². The van der Waals surface area contributed by atoms with Crippen molar-refractivity contribution in [2.45, 2.75) is 12.6 Å². The summed E-state index contributed by atoms with van der Waals surface area (Å²) in [6.45, 7) is 0.594. The Morgan fingerprint density at radius 3 is 2.50 bits per heavy atom. The molecule has 2 aromatic carbocycles. The molecule has 1 N–H and O–H groups in total. The van der Waals surface area contributed by atoms with Gasteiger partial charge in [-0.05, 0) is 42.3 Å². The number of nitrogens with one attached hydrogen (secondary N) is 1. The fourth-order valence-corrected chi connectivity index (χ4v) is 3.28. The van der Waals surface area contributed by atoms with Crippen LogP contribution in [0.5, 0.6) is 0 Å². The van der Waals surface area contributed by atoms with E-state index in [0.29, 0.717) is 12.1 Å². The molecule has 3 aromatic rings. The summed E-state index contributed by atoms with van der Waals surface area (Å²) in [4.78, 5) is 18.6. The summed E-state index contributed by atoms with van der Waals surface area (Å²) in [5.41, 5.74) is 1.52. The lowest BCUT2D eigenvalue weighted by molar-refractivity contribution is -0.136. The van der Waals surface area contributed by atoms with E-state index in [2.05, 4.69) is 10.3 Å². The minimum Gasteiger partial charge on any atom is -0.340 e. The fraction of sp³-hybridized carbons (Fsp3) is 0.143. The zero-order valence-corrected chi connectivity index (χ0v) is 14.7. The number of carbonyl (C=O) groups is 1. The number of fused-ring (bicyclic) bond motifs is 1. The van der Waals surface area contributed by atoms with Crippen molar-refractivity contribution in [3.05, 3.63) is 83.6 Å². The van der Waals surface area contributed by atoms with E-state index in [0.717, 1.165) is 23.7 Å². The van der Waals surface area contributed by atoms with Gasteiger partial charge in [0.25, 0.3) is 5.91 Å². The maximum atomic E-state index is 13.1. The van der Waals surface area contributed by atoms with E-state index in [-0.39, 0.29) is 17.4 Å². The van der Waals surface area contributed by atoms with Crippen molar-refractivity contribution in [3.63, 3.8) is 0 Å². The van der Waals surface area contributed by atoms with Crippen LogP contribution < -0.4 is 10.2 Å². The lowest BCUT2D eigenvalue weighted by atomic mass is 10.1. The Morgan fingerprint density at radius 1 is 1.00 bits per heavy atom. The van der Waals surface area contributed by atoms with Gasteiger partial charge in [0.1, 0.15) is 5.82 Å². The average molecular weight is 383 g/mol. The van der Waals surface area contributed by atoms with Gasteiger partial charge < -0.3 is 10.2 Å². The zero-order chi connectivity index (χ0) is 19.7. The largest absolute Gasteiger partial charge is 0.418 e. The fourth-order valence-electron chi connectivity index (χ4n) is 3.28. The Morgan fingerprint density at radius 2 is 1.75 bits per heavy atom. The number of para-hydroxylation sites is 2. The molecule has 0 aliphatic carbocycles. The number of hydrogen-bond acceptors (Lipinski definition) is 3. The first-order valence-corrected chi connectivity index (χ1v) is 8.72. The van der Waals surface area contributed by atoms with Crippen LogP contribution in [0.15, 0.2) is 66.9 Å².